The van der Waals surface area contributed by atoms with Crippen LogP contribution in [0.3, 0.4) is 0 Å². The van der Waals surface area contributed by atoms with Crippen molar-refractivity contribution < 1.29 is 19.4 Å². The average molecular weight is 230 g/mol. The minimum absolute atomic E-state index is 0.0949. The third-order valence-corrected chi connectivity index (χ3v) is 2.05. The first-order valence-corrected chi connectivity index (χ1v) is 4.92. The number of carbonyl (C=O) groups excluding carboxylic acids is 2. The summed E-state index contributed by atoms with van der Waals surface area (Å²) < 4.78 is 4.95. The van der Waals surface area contributed by atoms with Crippen LogP contribution in [0.15, 0.2) is 12.3 Å². The van der Waals surface area contributed by atoms with E-state index in [-0.39, 0.29) is 18.6 Å². The van der Waals surface area contributed by atoms with Crippen molar-refractivity contribution in [3.63, 3.8) is 0 Å². The molecule has 0 saturated carbocycles. The molecule has 0 heterocycles. The second-order valence-corrected chi connectivity index (χ2v) is 3.10. The number of carbonyl (C=O) groups is 2. The molecule has 0 saturated heterocycles. The van der Waals surface area contributed by atoms with Gasteiger partial charge in [-0.05, 0) is 6.42 Å². The molecule has 0 aromatic heterocycles. The zero-order valence-corrected chi connectivity index (χ0v) is 9.55. The highest BCUT2D eigenvalue weighted by Crippen LogP contribution is 1.98. The number of aliphatic hydroxyl groups excluding tert-OH is 1. The first-order chi connectivity index (χ1) is 7.67. The Labute approximate surface area is 94.9 Å². The molecular formula is C10H18N2O4. The second kappa shape index (κ2) is 8.87. The Hall–Kier alpha value is -1.40. The second-order valence-electron chi connectivity index (χ2n) is 3.10. The number of hydrogen-bond donors (Lipinski definition) is 2. The summed E-state index contributed by atoms with van der Waals surface area (Å²) in [5.41, 5.74) is 0. The van der Waals surface area contributed by atoms with E-state index in [9.17, 15) is 9.59 Å². The third-order valence-electron chi connectivity index (χ3n) is 2.05. The van der Waals surface area contributed by atoms with Crippen LogP contribution in [-0.2, 0) is 14.3 Å². The minimum atomic E-state index is -0.296. The summed E-state index contributed by atoms with van der Waals surface area (Å²) in [6, 6.07) is 0. The van der Waals surface area contributed by atoms with Crippen molar-refractivity contribution in [1.29, 1.82) is 0 Å². The van der Waals surface area contributed by atoms with E-state index in [2.05, 4.69) is 5.32 Å². The molecule has 6 nitrogen and oxygen atoms in total. The van der Waals surface area contributed by atoms with Crippen LogP contribution in [0.4, 0.5) is 0 Å². The summed E-state index contributed by atoms with van der Waals surface area (Å²) in [5.74, 6) is -0.280. The lowest BCUT2D eigenvalue weighted by Gasteiger charge is -2.16. The standard InChI is InChI=1S/C10H18N2O4/c1-11-10(15)4-6-12(8-14)5-3-9(7-13)16-2/h4,6,8-9,13H,3,5,7H2,1-2H3,(H,11,15)/b6-4-. The summed E-state index contributed by atoms with van der Waals surface area (Å²) in [4.78, 5) is 22.8. The van der Waals surface area contributed by atoms with E-state index in [0.717, 1.165) is 0 Å². The lowest BCUT2D eigenvalue weighted by Crippen LogP contribution is -2.25. The van der Waals surface area contributed by atoms with Gasteiger partial charge in [0.1, 0.15) is 0 Å². The fourth-order valence-corrected chi connectivity index (χ4v) is 0.986. The van der Waals surface area contributed by atoms with Crippen LogP contribution in [0.25, 0.3) is 0 Å². The van der Waals surface area contributed by atoms with Gasteiger partial charge in [-0.15, -0.1) is 0 Å². The molecule has 0 radical (unpaired) electrons. The molecule has 92 valence electrons. The van der Waals surface area contributed by atoms with E-state index in [4.69, 9.17) is 9.84 Å². The Bertz CT molecular complexity index is 239. The molecular weight excluding hydrogens is 212 g/mol. The monoisotopic (exact) mass is 230 g/mol. The quantitative estimate of drug-likeness (QED) is 0.418. The summed E-state index contributed by atoms with van der Waals surface area (Å²) in [6.07, 6.45) is 3.47. The average Bonchev–Trinajstić information content (AvgIpc) is 2.33. The molecule has 0 aliphatic rings. The van der Waals surface area contributed by atoms with Crippen LogP contribution in [0.5, 0.6) is 0 Å². The van der Waals surface area contributed by atoms with Gasteiger partial charge in [0, 0.05) is 33.0 Å². The predicted octanol–water partition coefficient (Wildman–Crippen LogP) is -0.898. The molecule has 2 amide bonds. The number of nitrogens with one attached hydrogen (secondary N) is 1. The number of nitrogens with zero attached hydrogens (tertiary/aromatic N) is 1. The molecule has 6 heteroatoms. The van der Waals surface area contributed by atoms with Crippen LogP contribution < -0.4 is 5.32 Å². The van der Waals surface area contributed by atoms with Gasteiger partial charge in [0.2, 0.25) is 12.3 Å². The van der Waals surface area contributed by atoms with Crippen molar-refractivity contribution in [2.24, 2.45) is 0 Å². The van der Waals surface area contributed by atoms with Gasteiger partial charge in [-0.1, -0.05) is 0 Å². The minimum Gasteiger partial charge on any atom is -0.394 e. The Morgan fingerprint density at radius 3 is 2.75 bits per heavy atom. The molecule has 0 aromatic rings. The van der Waals surface area contributed by atoms with E-state index < -0.39 is 0 Å². The zero-order chi connectivity index (χ0) is 12.4. The number of rotatable bonds is 8. The summed E-state index contributed by atoms with van der Waals surface area (Å²) in [5, 5.41) is 11.3. The number of amides is 2. The maximum Gasteiger partial charge on any atom is 0.245 e. The van der Waals surface area contributed by atoms with Crippen molar-refractivity contribution in [2.75, 3.05) is 27.3 Å². The molecule has 0 spiro atoms. The van der Waals surface area contributed by atoms with Crippen molar-refractivity contribution in [2.45, 2.75) is 12.5 Å². The number of methoxy groups -OCH3 is 1. The van der Waals surface area contributed by atoms with Crippen LogP contribution in [-0.4, -0.2) is 55.7 Å². The van der Waals surface area contributed by atoms with E-state index in [1.807, 2.05) is 0 Å². The van der Waals surface area contributed by atoms with Gasteiger partial charge in [0.25, 0.3) is 0 Å². The lowest BCUT2D eigenvalue weighted by molar-refractivity contribution is -0.116. The molecule has 0 rings (SSSR count). The van der Waals surface area contributed by atoms with Crippen LogP contribution >= 0.6 is 0 Å². The van der Waals surface area contributed by atoms with Gasteiger partial charge in [-0.3, -0.25) is 9.59 Å². The van der Waals surface area contributed by atoms with E-state index in [1.165, 1.54) is 31.3 Å². The smallest absolute Gasteiger partial charge is 0.245 e. The van der Waals surface area contributed by atoms with Gasteiger partial charge < -0.3 is 20.1 Å². The Morgan fingerprint density at radius 2 is 2.31 bits per heavy atom. The lowest BCUT2D eigenvalue weighted by atomic mass is 10.2. The Balaban J connectivity index is 4.05. The molecule has 0 aromatic carbocycles. The molecule has 0 aliphatic carbocycles. The maximum absolute atomic E-state index is 10.9. The van der Waals surface area contributed by atoms with Gasteiger partial charge >= 0.3 is 0 Å². The first kappa shape index (κ1) is 14.6. The number of likely N-dealkylation sites (N-methyl/N-ethyl adjacent to an activating group) is 1. The molecule has 0 bridgehead atoms. The summed E-state index contributed by atoms with van der Waals surface area (Å²) in [7, 11) is 3.00. The van der Waals surface area contributed by atoms with Crippen molar-refractivity contribution >= 4 is 12.3 Å². The summed E-state index contributed by atoms with van der Waals surface area (Å²) in [6.45, 7) is 0.290. The highest BCUT2D eigenvalue weighted by Gasteiger charge is 2.07. The summed E-state index contributed by atoms with van der Waals surface area (Å²) >= 11 is 0. The van der Waals surface area contributed by atoms with Gasteiger partial charge in [0.05, 0.1) is 12.7 Å². The van der Waals surface area contributed by atoms with E-state index in [0.29, 0.717) is 19.4 Å². The fourth-order valence-electron chi connectivity index (χ4n) is 0.986. The number of aliphatic hydroxyl groups is 1. The van der Waals surface area contributed by atoms with Crippen molar-refractivity contribution in [1.82, 2.24) is 10.2 Å². The van der Waals surface area contributed by atoms with Gasteiger partial charge in [-0.2, -0.15) is 0 Å². The normalized spacial score (nSPS) is 12.4. The van der Waals surface area contributed by atoms with E-state index >= 15 is 0 Å². The highest BCUT2D eigenvalue weighted by atomic mass is 16.5. The topological polar surface area (TPSA) is 78.9 Å². The molecule has 2 N–H and O–H groups in total. The van der Waals surface area contributed by atoms with Crippen LogP contribution in [0, 0.1) is 0 Å². The SMILES string of the molecule is CNC(=O)/C=C\N(C=O)CCC(CO)OC. The fraction of sp³-hybridized carbons (Fsp3) is 0.600. The van der Waals surface area contributed by atoms with Crippen molar-refractivity contribution in [3.05, 3.63) is 12.3 Å². The number of hydrogen-bond acceptors (Lipinski definition) is 4. The van der Waals surface area contributed by atoms with Crippen LogP contribution in [0.2, 0.25) is 0 Å². The van der Waals surface area contributed by atoms with E-state index in [1.54, 1.807) is 0 Å². The largest absolute Gasteiger partial charge is 0.394 e. The zero-order valence-electron chi connectivity index (χ0n) is 9.55. The molecule has 1 atom stereocenters. The molecule has 16 heavy (non-hydrogen) atoms. The molecule has 0 aliphatic heterocycles. The third kappa shape index (κ3) is 6.15. The predicted molar refractivity (Wildman–Crippen MR) is 58.5 cm³/mol. The first-order valence-electron chi connectivity index (χ1n) is 4.92. The van der Waals surface area contributed by atoms with Gasteiger partial charge in [0.15, 0.2) is 0 Å². The van der Waals surface area contributed by atoms with Crippen molar-refractivity contribution in [3.8, 4) is 0 Å². The Morgan fingerprint density at radius 1 is 1.62 bits per heavy atom. The van der Waals surface area contributed by atoms with Gasteiger partial charge in [-0.25, -0.2) is 0 Å². The maximum atomic E-state index is 10.9. The van der Waals surface area contributed by atoms with Crippen LogP contribution in [0.1, 0.15) is 6.42 Å². The highest BCUT2D eigenvalue weighted by molar-refractivity contribution is 5.87. The molecule has 1 unspecified atom stereocenters. The number of ether oxygens (including phenoxy) is 1. The molecule has 0 fully saturated rings. The Kier molecular flexibility index (Phi) is 8.10.